The number of aromatic nitrogens is 2. The number of thiol groups is 1. The van der Waals surface area contributed by atoms with Crippen LogP contribution in [-0.4, -0.2) is 29.2 Å². The highest BCUT2D eigenvalue weighted by molar-refractivity contribution is 7.79. The first kappa shape index (κ1) is 23.2. The Labute approximate surface area is 144 Å². The number of nitrogen functional groups attached to an aromatic ring is 1. The molecule has 130 valence electrons. The Morgan fingerprint density at radius 2 is 1.91 bits per heavy atom. The van der Waals surface area contributed by atoms with E-state index in [4.69, 9.17) is 10.5 Å². The third kappa shape index (κ3) is 7.19. The second-order valence-corrected chi connectivity index (χ2v) is 3.73. The number of nitrogens with one attached hydrogen (secondary N) is 1. The van der Waals surface area contributed by atoms with Crippen LogP contribution in [0.15, 0.2) is 18.9 Å². The molecular formula is C16H28N4O2S. The van der Waals surface area contributed by atoms with Gasteiger partial charge in [-0.05, 0) is 25.7 Å². The molecule has 23 heavy (non-hydrogen) atoms. The molecule has 0 unspecified atom stereocenters. The molecule has 0 radical (unpaired) electrons. The Morgan fingerprint density at radius 3 is 2.35 bits per heavy atom. The molecule has 0 fully saturated rings. The maximum atomic E-state index is 11.6. The van der Waals surface area contributed by atoms with Crippen molar-refractivity contribution < 1.29 is 9.53 Å². The molecule has 1 aromatic rings. The first-order valence-electron chi connectivity index (χ1n) is 7.34. The predicted octanol–water partition coefficient (Wildman–Crippen LogP) is 3.21. The highest BCUT2D eigenvalue weighted by Gasteiger charge is 2.17. The summed E-state index contributed by atoms with van der Waals surface area (Å²) < 4.78 is 5.30. The minimum absolute atomic E-state index is 0.0645. The number of nitrogens with two attached hydrogens (primary N) is 1. The second kappa shape index (κ2) is 13.6. The fourth-order valence-corrected chi connectivity index (χ4v) is 1.53. The molecule has 1 amide bonds. The van der Waals surface area contributed by atoms with Crippen molar-refractivity contribution >= 4 is 30.1 Å². The molecule has 0 aliphatic carbocycles. The van der Waals surface area contributed by atoms with E-state index in [1.807, 2.05) is 26.8 Å². The SMILES string of the molecule is C=CO/C(=C/CC)c1nc(N)c(C(=O)NC)nc1C.CC.CS. The van der Waals surface area contributed by atoms with Crippen LogP contribution in [0.4, 0.5) is 5.82 Å². The number of hydrogen-bond donors (Lipinski definition) is 3. The number of carbonyl (C=O) groups is 1. The van der Waals surface area contributed by atoms with Crippen molar-refractivity contribution in [2.45, 2.75) is 34.1 Å². The quantitative estimate of drug-likeness (QED) is 0.565. The maximum Gasteiger partial charge on any atom is 0.273 e. The lowest BCUT2D eigenvalue weighted by Crippen LogP contribution is -2.22. The number of amides is 1. The molecule has 0 bridgehead atoms. The molecule has 0 atom stereocenters. The fraction of sp³-hybridized carbons (Fsp3) is 0.438. The Bertz CT molecular complexity index is 531. The van der Waals surface area contributed by atoms with Gasteiger partial charge in [-0.2, -0.15) is 12.6 Å². The molecule has 1 rings (SSSR count). The monoisotopic (exact) mass is 340 g/mol. The molecule has 1 heterocycles. The van der Waals surface area contributed by atoms with Crippen molar-refractivity contribution in [1.82, 2.24) is 15.3 Å². The molecule has 0 aliphatic rings. The molecule has 0 saturated carbocycles. The van der Waals surface area contributed by atoms with Crippen molar-refractivity contribution in [3.63, 3.8) is 0 Å². The molecular weight excluding hydrogens is 312 g/mol. The van der Waals surface area contributed by atoms with E-state index in [2.05, 4.69) is 34.5 Å². The van der Waals surface area contributed by atoms with E-state index in [1.165, 1.54) is 13.3 Å². The smallest absolute Gasteiger partial charge is 0.273 e. The summed E-state index contributed by atoms with van der Waals surface area (Å²) in [5.41, 5.74) is 6.93. The molecule has 1 aromatic heterocycles. The summed E-state index contributed by atoms with van der Waals surface area (Å²) in [5, 5.41) is 2.46. The number of rotatable bonds is 5. The number of carbonyl (C=O) groups excluding carboxylic acids is 1. The number of hydrogen-bond acceptors (Lipinski definition) is 6. The van der Waals surface area contributed by atoms with Gasteiger partial charge in [0.15, 0.2) is 11.5 Å². The van der Waals surface area contributed by atoms with Gasteiger partial charge in [-0.1, -0.05) is 27.4 Å². The molecule has 0 spiro atoms. The maximum absolute atomic E-state index is 11.6. The Kier molecular flexibility index (Phi) is 13.8. The van der Waals surface area contributed by atoms with Crippen LogP contribution >= 0.6 is 12.6 Å². The fourth-order valence-electron chi connectivity index (χ4n) is 1.53. The Hall–Kier alpha value is -2.02. The van der Waals surface area contributed by atoms with Crippen molar-refractivity contribution in [2.75, 3.05) is 19.0 Å². The second-order valence-electron chi connectivity index (χ2n) is 3.73. The van der Waals surface area contributed by atoms with E-state index in [-0.39, 0.29) is 17.4 Å². The van der Waals surface area contributed by atoms with Crippen molar-refractivity contribution in [2.24, 2.45) is 0 Å². The van der Waals surface area contributed by atoms with Crippen LogP contribution in [0.1, 0.15) is 49.1 Å². The summed E-state index contributed by atoms with van der Waals surface area (Å²) in [6.07, 6.45) is 5.62. The van der Waals surface area contributed by atoms with Gasteiger partial charge in [-0.15, -0.1) is 0 Å². The number of aryl methyl sites for hydroxylation is 1. The first-order chi connectivity index (χ1) is 11.0. The lowest BCUT2D eigenvalue weighted by atomic mass is 10.2. The zero-order chi connectivity index (χ0) is 18.4. The Balaban J connectivity index is 0. The minimum atomic E-state index is -0.370. The number of allylic oxidation sites excluding steroid dienone is 1. The van der Waals surface area contributed by atoms with Crippen molar-refractivity contribution in [1.29, 1.82) is 0 Å². The average Bonchev–Trinajstić information content (AvgIpc) is 2.59. The van der Waals surface area contributed by atoms with Crippen LogP contribution in [-0.2, 0) is 4.74 Å². The third-order valence-electron chi connectivity index (χ3n) is 2.37. The summed E-state index contributed by atoms with van der Waals surface area (Å²) in [7, 11) is 1.51. The predicted molar refractivity (Wildman–Crippen MR) is 100 cm³/mol. The van der Waals surface area contributed by atoms with Gasteiger partial charge in [0, 0.05) is 7.05 Å². The van der Waals surface area contributed by atoms with Gasteiger partial charge < -0.3 is 15.8 Å². The van der Waals surface area contributed by atoms with Crippen LogP contribution in [0.2, 0.25) is 0 Å². The van der Waals surface area contributed by atoms with E-state index in [9.17, 15) is 4.79 Å². The Morgan fingerprint density at radius 1 is 1.35 bits per heavy atom. The summed E-state index contributed by atoms with van der Waals surface area (Å²) >= 11 is 3.53. The van der Waals surface area contributed by atoms with E-state index in [0.717, 1.165) is 6.42 Å². The molecule has 0 aromatic carbocycles. The summed E-state index contributed by atoms with van der Waals surface area (Å²) in [6, 6.07) is 0. The molecule has 0 saturated heterocycles. The lowest BCUT2D eigenvalue weighted by Gasteiger charge is -2.11. The average molecular weight is 340 g/mol. The minimum Gasteiger partial charge on any atom is -0.464 e. The van der Waals surface area contributed by atoms with Crippen LogP contribution in [0.3, 0.4) is 0 Å². The van der Waals surface area contributed by atoms with Crippen molar-refractivity contribution in [3.8, 4) is 0 Å². The summed E-state index contributed by atoms with van der Waals surface area (Å²) in [5.74, 6) is 0.220. The standard InChI is InChI=1S/C13H18N4O2.C2H6.CH4S/c1-5-7-9(19-6-2)10-8(3)16-11(12(14)17-10)13(18)15-4;2*1-2/h6-7H,2,5H2,1,3-4H3,(H2,14,17)(H,15,18);1-2H3;2H,1H3/b9-7+;;. The van der Waals surface area contributed by atoms with Gasteiger partial charge >= 0.3 is 0 Å². The van der Waals surface area contributed by atoms with Gasteiger partial charge in [-0.25, -0.2) is 9.97 Å². The van der Waals surface area contributed by atoms with Crippen LogP contribution in [0.5, 0.6) is 0 Å². The highest BCUT2D eigenvalue weighted by Crippen LogP contribution is 2.20. The largest absolute Gasteiger partial charge is 0.464 e. The van der Waals surface area contributed by atoms with E-state index in [0.29, 0.717) is 17.1 Å². The molecule has 3 N–H and O–H groups in total. The number of ether oxygens (including phenoxy) is 1. The van der Waals surface area contributed by atoms with E-state index < -0.39 is 0 Å². The zero-order valence-electron chi connectivity index (χ0n) is 14.8. The molecule has 0 aliphatic heterocycles. The third-order valence-corrected chi connectivity index (χ3v) is 2.37. The normalized spacial score (nSPS) is 9.61. The first-order valence-corrected chi connectivity index (χ1v) is 8.23. The van der Waals surface area contributed by atoms with Gasteiger partial charge in [0.2, 0.25) is 0 Å². The summed E-state index contributed by atoms with van der Waals surface area (Å²) in [6.45, 7) is 11.2. The molecule has 6 nitrogen and oxygen atoms in total. The summed E-state index contributed by atoms with van der Waals surface area (Å²) in [4.78, 5) is 19.9. The van der Waals surface area contributed by atoms with E-state index in [1.54, 1.807) is 13.2 Å². The number of anilines is 1. The zero-order valence-corrected chi connectivity index (χ0v) is 15.7. The van der Waals surface area contributed by atoms with Crippen LogP contribution in [0.25, 0.3) is 5.76 Å². The topological polar surface area (TPSA) is 90.1 Å². The van der Waals surface area contributed by atoms with Gasteiger partial charge in [0.05, 0.1) is 12.0 Å². The van der Waals surface area contributed by atoms with E-state index >= 15 is 0 Å². The van der Waals surface area contributed by atoms with Crippen LogP contribution < -0.4 is 11.1 Å². The van der Waals surface area contributed by atoms with Crippen LogP contribution in [0, 0.1) is 6.92 Å². The van der Waals surface area contributed by atoms with Gasteiger partial charge in [0.25, 0.3) is 5.91 Å². The van der Waals surface area contributed by atoms with Gasteiger partial charge in [-0.3, -0.25) is 4.79 Å². The molecule has 7 heteroatoms. The van der Waals surface area contributed by atoms with Crippen molar-refractivity contribution in [3.05, 3.63) is 36.0 Å². The lowest BCUT2D eigenvalue weighted by molar-refractivity contribution is 0.0958. The number of nitrogens with zero attached hydrogens (tertiary/aromatic N) is 2. The highest BCUT2D eigenvalue weighted by atomic mass is 32.1. The van der Waals surface area contributed by atoms with Gasteiger partial charge in [0.1, 0.15) is 11.5 Å².